The fourth-order valence-corrected chi connectivity index (χ4v) is 28.4. The average molecular weight is 2910 g/mol. The first-order valence-electron chi connectivity index (χ1n) is 37.9. The number of rotatable bonds is 14. The van der Waals surface area contributed by atoms with Crippen molar-refractivity contribution in [3.05, 3.63) is 384 Å². The molecule has 0 radical (unpaired) electrons. The molecular weight excluding hydrogens is 2780 g/mol. The van der Waals surface area contributed by atoms with E-state index in [1.807, 2.05) is 9.94 Å². The number of benzene rings is 14. The van der Waals surface area contributed by atoms with Crippen molar-refractivity contribution in [1.29, 1.82) is 0 Å². The molecule has 642 valence electrons. The van der Waals surface area contributed by atoms with Crippen LogP contribution >= 0.6 is 80.8 Å². The van der Waals surface area contributed by atoms with Crippen molar-refractivity contribution in [2.24, 2.45) is 0 Å². The molecule has 0 aliphatic carbocycles. The first kappa shape index (κ1) is 113. The third-order valence-corrected chi connectivity index (χ3v) is 34.4. The molecule has 0 spiro atoms. The second-order valence-corrected chi connectivity index (χ2v) is 148. The van der Waals surface area contributed by atoms with Crippen molar-refractivity contribution >= 4 is 252 Å². The van der Waals surface area contributed by atoms with E-state index in [9.17, 15) is 0 Å². The van der Waals surface area contributed by atoms with E-state index in [4.69, 9.17) is 17.9 Å². The van der Waals surface area contributed by atoms with Crippen molar-refractivity contribution in [2.45, 2.75) is 135 Å². The van der Waals surface area contributed by atoms with Crippen LogP contribution in [0.1, 0.15) is 74.2 Å². The number of halogens is 6. The van der Waals surface area contributed by atoms with Gasteiger partial charge in [0.25, 0.3) is 0 Å². The normalized spacial score (nSPS) is 11.1. The Kier molecular flexibility index (Phi) is 53.9. The Balaban J connectivity index is 0.000000460. The number of aryl methyl sites for hydroxylation is 8. The Labute approximate surface area is 823 Å². The zero-order chi connectivity index (χ0) is 84.6. The summed E-state index contributed by atoms with van der Waals surface area (Å²) in [6, 6.07) is 126. The van der Waals surface area contributed by atoms with Gasteiger partial charge >= 0.3 is 808 Å². The summed E-state index contributed by atoms with van der Waals surface area (Å²) in [5.41, 5.74) is 26.0. The molecule has 0 fully saturated rings. The maximum atomic E-state index is 5.49. The van der Waals surface area contributed by atoms with Gasteiger partial charge in [0.15, 0.2) is 0 Å². The molecule has 0 saturated heterocycles. The zero-order valence-electron chi connectivity index (χ0n) is 70.0. The Hall–Kier alpha value is -1.60. The Morgan fingerprint density at radius 2 is 0.425 bits per heavy atom. The summed E-state index contributed by atoms with van der Waals surface area (Å²) in [5.74, 6) is 0. The summed E-state index contributed by atoms with van der Waals surface area (Å²) in [6.07, 6.45) is 0. The van der Waals surface area contributed by atoms with Gasteiger partial charge in [-0.25, -0.2) is 0 Å². The summed E-state index contributed by atoms with van der Waals surface area (Å²) in [6.45, 7) is 17.7. The van der Waals surface area contributed by atoms with Gasteiger partial charge in [-0.15, -0.1) is 0 Å². The zero-order valence-corrected chi connectivity index (χ0v) is 98.1. The standard InChI is InChI=1S/C52H44Te.C26H22Te.C14H14Te.C2H6Br2Te.C2H6Cl2Te.C2H6I2Te.C2H8Te.C2H6Te.4CH4/c1-37-25-29-45(33-49(37)41-17-9-5-10-18-41)53(46-30-26-38(2)50(34-46)42-19-11-6-12-20-42,47-31-27-39(3)51(35-47)43-21-13-7-14-22-43)48-32-28-40(4)52(36-48)44-23-15-8-16-24-44;1-19-13-15-23(17-25(19)21-9-5-3-6-10-21)27-24-16-14-20(2)26(18-24)22-11-7-4-8-12-22;1-11-3-7-13(8-4-11)15-14-9-5-12(2)6-10-14;3*1-5(2,3)4;2*1-3-2;;;;/h5-36H,1-4H3;3-18H,1-2H3;3-10H,1-2H3;3*1-2H3;3H2,1-2H3;1-2H3;4*1H4. The fourth-order valence-electron chi connectivity index (χ4n) is 12.4. The van der Waals surface area contributed by atoms with Crippen molar-refractivity contribution in [3.8, 4) is 66.8 Å². The van der Waals surface area contributed by atoms with Gasteiger partial charge in [0.05, 0.1) is 0 Å². The molecule has 0 amide bonds. The van der Waals surface area contributed by atoms with Crippen molar-refractivity contribution < 1.29 is 0 Å². The molecule has 14 aromatic rings. The van der Waals surface area contributed by atoms with Crippen LogP contribution in [0, 0.1) is 55.4 Å². The van der Waals surface area contributed by atoms with E-state index in [2.05, 4.69) is 498 Å². The van der Waals surface area contributed by atoms with Crippen molar-refractivity contribution in [2.75, 3.05) is 0 Å². The summed E-state index contributed by atoms with van der Waals surface area (Å²) in [7, 11) is 9.89. The summed E-state index contributed by atoms with van der Waals surface area (Å²) >= 11 is 4.77. The van der Waals surface area contributed by atoms with E-state index >= 15 is 0 Å². The third kappa shape index (κ3) is 38.6. The molecule has 0 N–H and O–H groups in total. The monoisotopic (exact) mass is 2920 g/mol. The van der Waals surface area contributed by atoms with E-state index in [1.165, 1.54) is 140 Å². The van der Waals surface area contributed by atoms with Gasteiger partial charge in [0.2, 0.25) is 0 Å². The molecule has 0 unspecified atom stereocenters. The van der Waals surface area contributed by atoms with Gasteiger partial charge in [0, 0.05) is 0 Å². The molecule has 14 heteroatoms. The van der Waals surface area contributed by atoms with E-state index in [0.717, 1.165) is 0 Å². The van der Waals surface area contributed by atoms with Crippen LogP contribution in [-0.2, 0) is 0 Å². The van der Waals surface area contributed by atoms with E-state index in [0.29, 0.717) is 20.9 Å². The molecule has 0 aromatic heterocycles. The summed E-state index contributed by atoms with van der Waals surface area (Å²) < 4.78 is 11.7. The second-order valence-electron chi connectivity index (χ2n) is 28.7. The van der Waals surface area contributed by atoms with Crippen LogP contribution in [0.4, 0.5) is 0 Å². The first-order valence-corrected chi connectivity index (χ1v) is 101. The molecule has 0 aliphatic heterocycles. The first-order chi connectivity index (χ1) is 55.2. The molecule has 14 rings (SSSR count). The second kappa shape index (κ2) is 57.4. The van der Waals surface area contributed by atoms with Gasteiger partial charge in [0.1, 0.15) is 0 Å². The van der Waals surface area contributed by atoms with Crippen molar-refractivity contribution in [3.63, 3.8) is 0 Å². The Morgan fingerprint density at radius 1 is 0.275 bits per heavy atom. The topological polar surface area (TPSA) is 0 Å². The summed E-state index contributed by atoms with van der Waals surface area (Å²) in [4.78, 5) is 22.0. The molecule has 14 aromatic carbocycles. The van der Waals surface area contributed by atoms with Crippen LogP contribution in [0.3, 0.4) is 0 Å². The molecule has 0 saturated carbocycles. The Morgan fingerprint density at radius 3 is 0.608 bits per heavy atom. The third-order valence-electron chi connectivity index (χ3n) is 17.7. The SMILES string of the molecule is C.C.C.C.C[TeH2]C.C[Te](C)(Br)Br.C[Te](C)(Cl)Cl.C[Te](C)(I)I.C[Te]C.Cc1ccc([Te](c2ccc(C)c(-c3ccccc3)c2)(c2ccc(C)c(-c3ccccc3)c2)c2ccc(C)c(-c3ccccc3)c2)cc1-c1ccccc1.Cc1ccc([Te]c2ccc(C)c(-c3ccccc3)c2)cc1-c1ccccc1.Cc1ccc([Te]c2ccc(C)cc2)cc1. The average Bonchev–Trinajstić information content (AvgIpc) is 0.717. The van der Waals surface area contributed by atoms with Gasteiger partial charge < -0.3 is 0 Å². The van der Waals surface area contributed by atoms with Gasteiger partial charge in [-0.2, -0.15) is 0 Å². The van der Waals surface area contributed by atoms with Crippen molar-refractivity contribution in [1.82, 2.24) is 0 Å². The van der Waals surface area contributed by atoms with E-state index in [1.54, 1.807) is 0 Å². The van der Waals surface area contributed by atoms with Crippen LogP contribution in [-0.4, -0.2) is 142 Å². The van der Waals surface area contributed by atoms with E-state index < -0.39 is 79.1 Å². The molecule has 0 aliphatic rings. The summed E-state index contributed by atoms with van der Waals surface area (Å²) in [5, 5.41) is 0. The van der Waals surface area contributed by atoms with Crippen LogP contribution in [0.2, 0.25) is 49.7 Å². The molecule has 120 heavy (non-hydrogen) atoms. The molecule has 0 nitrogen and oxygen atoms in total. The Bertz CT molecular complexity index is 4740. The van der Waals surface area contributed by atoms with Crippen LogP contribution < -0.4 is 28.9 Å². The predicted octanol–water partition coefficient (Wildman–Crippen LogP) is 29.0. The number of hydrogen-bond donors (Lipinski definition) is 0. The molecule has 0 atom stereocenters. The maximum absolute atomic E-state index is 5.49. The van der Waals surface area contributed by atoms with Gasteiger partial charge in [-0.1, -0.05) is 29.7 Å². The van der Waals surface area contributed by atoms with Gasteiger partial charge in [-0.3, -0.25) is 0 Å². The molecule has 0 heterocycles. The van der Waals surface area contributed by atoms with Crippen LogP contribution in [0.25, 0.3) is 66.8 Å². The molecular formula is C106H128Br2Cl2I2Te8. The quantitative estimate of drug-likeness (QED) is 0.0752. The van der Waals surface area contributed by atoms with Crippen LogP contribution in [0.5, 0.6) is 0 Å². The molecule has 0 bridgehead atoms. The van der Waals surface area contributed by atoms with Crippen LogP contribution in [0.15, 0.2) is 340 Å². The minimum atomic E-state index is -3.92. The fraction of sp³-hybridized carbons (Fsp3) is 0.208. The van der Waals surface area contributed by atoms with E-state index in [-0.39, 0.29) is 71.6 Å². The minimum absolute atomic E-state index is 0. The number of hydrogen-bond acceptors (Lipinski definition) is 0. The predicted molar refractivity (Wildman–Crippen MR) is 591 cm³/mol. The van der Waals surface area contributed by atoms with Gasteiger partial charge in [-0.05, 0) is 0 Å².